The average Bonchev–Trinajstić information content (AvgIpc) is 3.24. The van der Waals surface area contributed by atoms with E-state index in [0.29, 0.717) is 22.4 Å². The lowest BCUT2D eigenvalue weighted by molar-refractivity contribution is 0.0551. The summed E-state index contributed by atoms with van der Waals surface area (Å²) in [5, 5.41) is 15.0. The number of para-hydroxylation sites is 1. The van der Waals surface area contributed by atoms with Crippen LogP contribution in [0.1, 0.15) is 44.6 Å². The normalized spacial score (nSPS) is 17.5. The van der Waals surface area contributed by atoms with Crippen LogP contribution in [0.25, 0.3) is 10.1 Å². The van der Waals surface area contributed by atoms with Gasteiger partial charge in [-0.3, -0.25) is 4.72 Å². The lowest BCUT2D eigenvalue weighted by Gasteiger charge is -2.31. The quantitative estimate of drug-likeness (QED) is 0.438. The van der Waals surface area contributed by atoms with Crippen molar-refractivity contribution in [1.29, 1.82) is 0 Å². The molecule has 0 spiro atoms. The first-order chi connectivity index (χ1) is 14.9. The Bertz CT molecular complexity index is 1090. The van der Waals surface area contributed by atoms with E-state index in [9.17, 15) is 13.5 Å². The third-order valence-corrected chi connectivity index (χ3v) is 9.14. The van der Waals surface area contributed by atoms with E-state index in [1.807, 2.05) is 49.4 Å². The van der Waals surface area contributed by atoms with Crippen LogP contribution in [0.2, 0.25) is 0 Å². The Balaban J connectivity index is 1.45. The van der Waals surface area contributed by atoms with Crippen LogP contribution in [0.15, 0.2) is 58.8 Å². The van der Waals surface area contributed by atoms with Gasteiger partial charge in [0.15, 0.2) is 0 Å². The van der Waals surface area contributed by atoms with E-state index in [-0.39, 0.29) is 12.1 Å². The predicted molar refractivity (Wildman–Crippen MR) is 128 cm³/mol. The molecule has 0 saturated heterocycles. The summed E-state index contributed by atoms with van der Waals surface area (Å²) in [6.45, 7) is 2.49. The molecule has 0 bridgehead atoms. The minimum absolute atomic E-state index is 0.0599. The largest absolute Gasteiger partial charge is 0.391 e. The molecule has 7 heteroatoms. The summed E-state index contributed by atoms with van der Waals surface area (Å²) in [6, 6.07) is 16.7. The third kappa shape index (κ3) is 5.29. The molecule has 0 amide bonds. The number of anilines is 1. The monoisotopic (exact) mass is 458 g/mol. The maximum Gasteiger partial charge on any atom is 0.271 e. The first kappa shape index (κ1) is 22.3. The van der Waals surface area contributed by atoms with Crippen molar-refractivity contribution in [3.63, 3.8) is 0 Å². The molecular formula is C24H30N2O3S2. The minimum atomic E-state index is -3.68. The Kier molecular flexibility index (Phi) is 6.96. The molecule has 1 fully saturated rings. The van der Waals surface area contributed by atoms with E-state index in [4.69, 9.17) is 0 Å². The molecular weight excluding hydrogens is 428 g/mol. The number of benzene rings is 2. The topological polar surface area (TPSA) is 78.4 Å². The van der Waals surface area contributed by atoms with Crippen LogP contribution in [-0.4, -0.2) is 25.7 Å². The molecule has 1 aliphatic rings. The first-order valence-electron chi connectivity index (χ1n) is 10.9. The smallest absolute Gasteiger partial charge is 0.271 e. The van der Waals surface area contributed by atoms with Crippen LogP contribution in [0.5, 0.6) is 0 Å². The van der Waals surface area contributed by atoms with E-state index in [1.165, 1.54) is 30.6 Å². The number of fused-ring (bicyclic) bond motifs is 1. The SMILES string of the molecule is C[C@H](NCc1ccccc1NS(=O)(=O)c1cc2ccccc2s1)[C@@H](O)C1CCCCC1. The standard InChI is InChI=1S/C24H30N2O3S2/c1-17(24(27)18-9-3-2-4-10-18)25-16-20-12-5-7-13-21(20)26-31(28,29)23-15-19-11-6-8-14-22(19)30-23/h5-8,11-15,17-18,24-27H,2-4,9-10,16H2,1H3/t17-,24+/m0/s1. The van der Waals surface area contributed by atoms with Crippen LogP contribution in [-0.2, 0) is 16.6 Å². The second kappa shape index (κ2) is 9.69. The van der Waals surface area contributed by atoms with Crippen molar-refractivity contribution in [3.05, 3.63) is 60.2 Å². The number of nitrogens with one attached hydrogen (secondary N) is 2. The second-order valence-electron chi connectivity index (χ2n) is 8.42. The van der Waals surface area contributed by atoms with Crippen LogP contribution < -0.4 is 10.0 Å². The molecule has 3 aromatic rings. The maximum atomic E-state index is 13.0. The fraction of sp³-hybridized carbons (Fsp3) is 0.417. The highest BCUT2D eigenvalue weighted by Crippen LogP contribution is 2.31. The molecule has 4 rings (SSSR count). The number of hydrogen-bond donors (Lipinski definition) is 3. The number of thiophene rings is 1. The fourth-order valence-electron chi connectivity index (χ4n) is 4.33. The van der Waals surface area contributed by atoms with Gasteiger partial charge in [-0.05, 0) is 54.8 Å². The number of hydrogen-bond acceptors (Lipinski definition) is 5. The van der Waals surface area contributed by atoms with Gasteiger partial charge in [-0.2, -0.15) is 0 Å². The van der Waals surface area contributed by atoms with Gasteiger partial charge >= 0.3 is 0 Å². The van der Waals surface area contributed by atoms with Crippen molar-refractivity contribution >= 4 is 37.1 Å². The summed E-state index contributed by atoms with van der Waals surface area (Å²) in [5.74, 6) is 0.345. The molecule has 5 nitrogen and oxygen atoms in total. The summed E-state index contributed by atoms with van der Waals surface area (Å²) in [4.78, 5) is 0. The van der Waals surface area contributed by atoms with Crippen LogP contribution in [0, 0.1) is 5.92 Å². The summed E-state index contributed by atoms with van der Waals surface area (Å²) in [7, 11) is -3.68. The molecule has 31 heavy (non-hydrogen) atoms. The van der Waals surface area contributed by atoms with Gasteiger partial charge in [0.1, 0.15) is 4.21 Å². The van der Waals surface area contributed by atoms with Gasteiger partial charge in [0.25, 0.3) is 10.0 Å². The number of rotatable bonds is 8. The van der Waals surface area contributed by atoms with E-state index >= 15 is 0 Å². The Hall–Kier alpha value is -1.93. The second-order valence-corrected chi connectivity index (χ2v) is 11.4. The van der Waals surface area contributed by atoms with Crippen molar-refractivity contribution < 1.29 is 13.5 Å². The Morgan fingerprint density at radius 2 is 1.77 bits per heavy atom. The lowest BCUT2D eigenvalue weighted by atomic mass is 9.83. The van der Waals surface area contributed by atoms with Gasteiger partial charge in [0.05, 0.1) is 11.8 Å². The van der Waals surface area contributed by atoms with Gasteiger partial charge in [0, 0.05) is 17.3 Å². The van der Waals surface area contributed by atoms with Gasteiger partial charge in [-0.15, -0.1) is 11.3 Å². The van der Waals surface area contributed by atoms with Crippen LogP contribution in [0.3, 0.4) is 0 Å². The van der Waals surface area contributed by atoms with Crippen molar-refractivity contribution in [3.8, 4) is 0 Å². The fourth-order valence-corrected chi connectivity index (χ4v) is 6.83. The first-order valence-corrected chi connectivity index (χ1v) is 13.2. The zero-order chi connectivity index (χ0) is 21.8. The van der Waals surface area contributed by atoms with Crippen molar-refractivity contribution in [2.75, 3.05) is 4.72 Å². The van der Waals surface area contributed by atoms with E-state index < -0.39 is 10.0 Å². The molecule has 3 N–H and O–H groups in total. The number of aliphatic hydroxyl groups excluding tert-OH is 1. The molecule has 2 aromatic carbocycles. The van der Waals surface area contributed by atoms with Crippen molar-refractivity contribution in [2.45, 2.75) is 61.9 Å². The molecule has 0 unspecified atom stereocenters. The van der Waals surface area contributed by atoms with E-state index in [2.05, 4.69) is 10.0 Å². The number of sulfonamides is 1. The van der Waals surface area contributed by atoms with Gasteiger partial charge in [-0.25, -0.2) is 8.42 Å². The highest BCUT2D eigenvalue weighted by Gasteiger charge is 2.26. The lowest BCUT2D eigenvalue weighted by Crippen LogP contribution is -2.42. The molecule has 166 valence electrons. The molecule has 1 aliphatic carbocycles. The Labute approximate surface area is 188 Å². The predicted octanol–water partition coefficient (Wildman–Crippen LogP) is 5.12. The molecule has 0 radical (unpaired) electrons. The molecule has 2 atom stereocenters. The zero-order valence-electron chi connectivity index (χ0n) is 17.8. The van der Waals surface area contributed by atoms with Crippen molar-refractivity contribution in [2.24, 2.45) is 5.92 Å². The Morgan fingerprint density at radius 3 is 2.55 bits per heavy atom. The molecule has 1 aromatic heterocycles. The summed E-state index contributed by atoms with van der Waals surface area (Å²) >= 11 is 1.27. The van der Waals surface area contributed by atoms with Crippen LogP contribution >= 0.6 is 11.3 Å². The molecule has 1 saturated carbocycles. The average molecular weight is 459 g/mol. The molecule has 1 heterocycles. The summed E-state index contributed by atoms with van der Waals surface area (Å²) in [6.07, 6.45) is 5.42. The highest BCUT2D eigenvalue weighted by atomic mass is 32.2. The van der Waals surface area contributed by atoms with Gasteiger partial charge < -0.3 is 10.4 Å². The maximum absolute atomic E-state index is 13.0. The van der Waals surface area contributed by atoms with E-state index in [1.54, 1.807) is 12.1 Å². The third-order valence-electron chi connectivity index (χ3n) is 6.19. The summed E-state index contributed by atoms with van der Waals surface area (Å²) < 4.78 is 30.0. The summed E-state index contributed by atoms with van der Waals surface area (Å²) in [5.41, 5.74) is 1.42. The Morgan fingerprint density at radius 1 is 1.06 bits per heavy atom. The zero-order valence-corrected chi connectivity index (χ0v) is 19.4. The van der Waals surface area contributed by atoms with Gasteiger partial charge in [0.2, 0.25) is 0 Å². The molecule has 0 aliphatic heterocycles. The number of aliphatic hydroxyl groups is 1. The highest BCUT2D eigenvalue weighted by molar-refractivity contribution is 7.94. The van der Waals surface area contributed by atoms with Gasteiger partial charge in [-0.1, -0.05) is 55.7 Å². The van der Waals surface area contributed by atoms with Crippen molar-refractivity contribution in [1.82, 2.24) is 5.32 Å². The minimum Gasteiger partial charge on any atom is -0.391 e. The van der Waals surface area contributed by atoms with Crippen LogP contribution in [0.4, 0.5) is 5.69 Å². The van der Waals surface area contributed by atoms with E-state index in [0.717, 1.165) is 28.5 Å².